The molecule has 220 valence electrons. The number of hydrogen-bond donors (Lipinski definition) is 2. The zero-order valence-electron chi connectivity index (χ0n) is 22.8. The molecule has 3 amide bonds. The molecule has 0 aromatic heterocycles. The maximum Gasteiger partial charge on any atom is 0.411 e. The number of thioether (sulfide) groups is 1. The maximum absolute atomic E-state index is 13.9. The summed E-state index contributed by atoms with van der Waals surface area (Å²) in [6, 6.07) is 22.9. The van der Waals surface area contributed by atoms with E-state index in [4.69, 9.17) is 9.47 Å². The molecule has 1 saturated heterocycles. The van der Waals surface area contributed by atoms with Gasteiger partial charge in [0, 0.05) is 24.8 Å². The lowest BCUT2D eigenvalue weighted by Crippen LogP contribution is -2.70. The Morgan fingerprint density at radius 2 is 1.60 bits per heavy atom. The van der Waals surface area contributed by atoms with Crippen molar-refractivity contribution in [1.82, 2.24) is 15.5 Å². The molecule has 13 heteroatoms. The molecule has 2 N–H and O–H groups in total. The third-order valence-corrected chi connectivity index (χ3v) is 8.00. The minimum Gasteiger partial charge on any atom is -0.448 e. The van der Waals surface area contributed by atoms with Crippen LogP contribution in [0.2, 0.25) is 0 Å². The van der Waals surface area contributed by atoms with Crippen LogP contribution in [0.4, 0.5) is 10.5 Å². The number of carbonyl (C=O) groups is 4. The fourth-order valence-corrected chi connectivity index (χ4v) is 5.97. The van der Waals surface area contributed by atoms with Gasteiger partial charge in [0.05, 0.1) is 10.6 Å². The number of nitrogens with one attached hydrogen (secondary N) is 2. The zero-order chi connectivity index (χ0) is 30.5. The molecule has 2 atom stereocenters. The summed E-state index contributed by atoms with van der Waals surface area (Å²) in [5, 5.41) is 15.5. The Morgan fingerprint density at radius 1 is 1.00 bits per heavy atom. The standard InChI is InChI=1S/C30H26N4O8S/c1-18(35)31-24-27(36)33-25(29(37)42-26(20-8-4-2-5-9-20)21-10-6-3-7-11-21)23(17-43-28(24)33)32-30(38)41-16-19-12-14-22(15-13-19)34(39)40/h2-15,24,26,28H,16-17H2,1H3,(H,31,35)(H,32,38)/t24?,28-/m0/s1. The molecule has 1 unspecified atom stereocenters. The largest absolute Gasteiger partial charge is 0.448 e. The number of benzene rings is 3. The molecule has 0 bridgehead atoms. The molecular weight excluding hydrogens is 576 g/mol. The predicted octanol–water partition coefficient (Wildman–Crippen LogP) is 3.79. The highest BCUT2D eigenvalue weighted by Crippen LogP contribution is 2.41. The van der Waals surface area contributed by atoms with Gasteiger partial charge in [-0.25, -0.2) is 9.59 Å². The van der Waals surface area contributed by atoms with E-state index in [2.05, 4.69) is 10.6 Å². The highest BCUT2D eigenvalue weighted by Gasteiger charge is 2.54. The molecule has 2 aliphatic heterocycles. The molecule has 0 radical (unpaired) electrons. The molecule has 5 rings (SSSR count). The quantitative estimate of drug-likeness (QED) is 0.161. The summed E-state index contributed by atoms with van der Waals surface area (Å²) < 4.78 is 11.3. The lowest BCUT2D eigenvalue weighted by Gasteiger charge is -2.49. The van der Waals surface area contributed by atoms with Gasteiger partial charge in [-0.2, -0.15) is 0 Å². The number of amides is 3. The van der Waals surface area contributed by atoms with Gasteiger partial charge in [-0.15, -0.1) is 11.8 Å². The normalized spacial score (nSPS) is 17.4. The van der Waals surface area contributed by atoms with Gasteiger partial charge in [0.25, 0.3) is 11.6 Å². The SMILES string of the molecule is CC(=O)NC1C(=O)N2C(C(=O)OC(c3ccccc3)c3ccccc3)=C(NC(=O)OCc3ccc([N+](=O)[O-])cc3)CS[C@@H]12. The summed E-state index contributed by atoms with van der Waals surface area (Å²) in [5.41, 5.74) is 1.77. The molecule has 0 aliphatic carbocycles. The molecule has 12 nitrogen and oxygen atoms in total. The molecule has 3 aromatic rings. The van der Waals surface area contributed by atoms with Crippen molar-refractivity contribution in [2.45, 2.75) is 31.1 Å². The van der Waals surface area contributed by atoms with E-state index in [0.717, 1.165) is 0 Å². The number of esters is 1. The van der Waals surface area contributed by atoms with Gasteiger partial charge < -0.3 is 14.8 Å². The van der Waals surface area contributed by atoms with Crippen molar-refractivity contribution in [3.63, 3.8) is 0 Å². The third-order valence-electron chi connectivity index (χ3n) is 6.72. The Balaban J connectivity index is 1.40. The molecule has 3 aromatic carbocycles. The van der Waals surface area contributed by atoms with Gasteiger partial charge in [0.1, 0.15) is 18.0 Å². The number of carbonyl (C=O) groups excluding carboxylic acids is 4. The third kappa shape index (κ3) is 6.51. The number of hydrogen-bond acceptors (Lipinski definition) is 9. The van der Waals surface area contributed by atoms with Crippen molar-refractivity contribution in [2.24, 2.45) is 0 Å². The van der Waals surface area contributed by atoms with Crippen molar-refractivity contribution in [2.75, 3.05) is 5.75 Å². The Labute approximate surface area is 250 Å². The van der Waals surface area contributed by atoms with Crippen molar-refractivity contribution in [1.29, 1.82) is 0 Å². The lowest BCUT2D eigenvalue weighted by atomic mass is 10.0. The van der Waals surface area contributed by atoms with Crippen molar-refractivity contribution in [3.8, 4) is 0 Å². The number of β-lactam (4-membered cyclic amide) rings is 1. The number of non-ortho nitro benzene ring substituents is 1. The van der Waals surface area contributed by atoms with E-state index >= 15 is 0 Å². The Kier molecular flexibility index (Phi) is 8.71. The molecule has 1 fully saturated rings. The summed E-state index contributed by atoms with van der Waals surface area (Å²) >= 11 is 1.26. The Bertz CT molecular complexity index is 1540. The van der Waals surface area contributed by atoms with Crippen LogP contribution in [0.15, 0.2) is 96.3 Å². The Morgan fingerprint density at radius 3 is 2.16 bits per heavy atom. The maximum atomic E-state index is 13.9. The van der Waals surface area contributed by atoms with Crippen LogP contribution >= 0.6 is 11.8 Å². The highest BCUT2D eigenvalue weighted by atomic mass is 32.2. The van der Waals surface area contributed by atoms with Crippen LogP contribution in [0.5, 0.6) is 0 Å². The van der Waals surface area contributed by atoms with Gasteiger partial charge in [-0.3, -0.25) is 29.9 Å². The van der Waals surface area contributed by atoms with Crippen LogP contribution in [0.1, 0.15) is 29.7 Å². The number of nitrogens with zero attached hydrogens (tertiary/aromatic N) is 2. The molecule has 0 saturated carbocycles. The van der Waals surface area contributed by atoms with Gasteiger partial charge in [0.15, 0.2) is 11.8 Å². The Hall–Kier alpha value is -5.17. The highest BCUT2D eigenvalue weighted by molar-refractivity contribution is 8.00. The number of rotatable bonds is 9. The van der Waals surface area contributed by atoms with Crippen molar-refractivity contribution in [3.05, 3.63) is 123 Å². The second-order valence-corrected chi connectivity index (χ2v) is 10.8. The number of fused-ring (bicyclic) bond motifs is 1. The first-order valence-corrected chi connectivity index (χ1v) is 14.2. The summed E-state index contributed by atoms with van der Waals surface area (Å²) in [5.74, 6) is -1.64. The number of ether oxygens (including phenoxy) is 2. The minimum absolute atomic E-state index is 0.101. The summed E-state index contributed by atoms with van der Waals surface area (Å²) in [6.07, 6.45) is -1.71. The summed E-state index contributed by atoms with van der Waals surface area (Å²) in [6.45, 7) is 1.11. The summed E-state index contributed by atoms with van der Waals surface area (Å²) in [4.78, 5) is 63.1. The van der Waals surface area contributed by atoms with Gasteiger partial charge in [-0.1, -0.05) is 60.7 Å². The molecule has 0 spiro atoms. The topological polar surface area (TPSA) is 157 Å². The number of alkyl carbamates (subject to hydrolysis) is 1. The van der Waals surface area contributed by atoms with E-state index in [1.165, 1.54) is 47.9 Å². The van der Waals surface area contributed by atoms with Crippen LogP contribution < -0.4 is 10.6 Å². The van der Waals surface area contributed by atoms with Crippen molar-refractivity contribution < 1.29 is 33.6 Å². The van der Waals surface area contributed by atoms with Crippen LogP contribution in [-0.4, -0.2) is 50.9 Å². The van der Waals surface area contributed by atoms with E-state index in [1.54, 1.807) is 0 Å². The second-order valence-electron chi connectivity index (χ2n) is 9.65. The first-order valence-electron chi connectivity index (χ1n) is 13.2. The first kappa shape index (κ1) is 29.3. The first-order chi connectivity index (χ1) is 20.7. The molecule has 2 heterocycles. The van der Waals surface area contributed by atoms with Crippen LogP contribution in [0, 0.1) is 10.1 Å². The summed E-state index contributed by atoms with van der Waals surface area (Å²) in [7, 11) is 0. The predicted molar refractivity (Wildman–Crippen MR) is 155 cm³/mol. The lowest BCUT2D eigenvalue weighted by molar-refractivity contribution is -0.384. The van der Waals surface area contributed by atoms with Gasteiger partial charge in [0.2, 0.25) is 5.91 Å². The van der Waals surface area contributed by atoms with Gasteiger partial charge in [-0.05, 0) is 28.8 Å². The fraction of sp³-hybridized carbons (Fsp3) is 0.200. The fourth-order valence-electron chi connectivity index (χ4n) is 4.69. The van der Waals surface area contributed by atoms with Crippen molar-refractivity contribution >= 4 is 41.3 Å². The average molecular weight is 603 g/mol. The van der Waals surface area contributed by atoms with E-state index < -0.39 is 46.3 Å². The monoisotopic (exact) mass is 602 g/mol. The smallest absolute Gasteiger partial charge is 0.411 e. The molecule has 2 aliphatic rings. The minimum atomic E-state index is -0.897. The number of nitro benzene ring substituents is 1. The van der Waals surface area contributed by atoms with E-state index in [-0.39, 0.29) is 29.4 Å². The molecule has 43 heavy (non-hydrogen) atoms. The van der Waals surface area contributed by atoms with E-state index in [9.17, 15) is 29.3 Å². The van der Waals surface area contributed by atoms with Crippen LogP contribution in [0.25, 0.3) is 0 Å². The number of nitro groups is 1. The van der Waals surface area contributed by atoms with E-state index in [1.807, 2.05) is 60.7 Å². The zero-order valence-corrected chi connectivity index (χ0v) is 23.6. The second kappa shape index (κ2) is 12.8. The van der Waals surface area contributed by atoms with E-state index in [0.29, 0.717) is 16.7 Å². The van der Waals surface area contributed by atoms with Crippen LogP contribution in [-0.2, 0) is 30.5 Å². The molecular formula is C30H26N4O8S. The van der Waals surface area contributed by atoms with Crippen LogP contribution in [0.3, 0.4) is 0 Å². The van der Waals surface area contributed by atoms with Gasteiger partial charge >= 0.3 is 12.1 Å². The average Bonchev–Trinajstić information content (AvgIpc) is 3.02.